The van der Waals surface area contributed by atoms with Gasteiger partial charge in [0.2, 0.25) is 0 Å². The maximum atomic E-state index is 11.2. The molecule has 0 heterocycles. The van der Waals surface area contributed by atoms with E-state index in [9.17, 15) is 9.59 Å². The Balaban J connectivity index is 2.44. The van der Waals surface area contributed by atoms with E-state index in [0.717, 1.165) is 18.1 Å². The largest absolute Gasteiger partial charge is 0.482 e. The van der Waals surface area contributed by atoms with Gasteiger partial charge in [-0.25, -0.2) is 9.59 Å². The summed E-state index contributed by atoms with van der Waals surface area (Å²) in [6.45, 7) is 2.17. The fourth-order valence-electron chi connectivity index (χ4n) is 1.24. The van der Waals surface area contributed by atoms with Gasteiger partial charge in [-0.3, -0.25) is 0 Å². The molecule has 1 rings (SSSR count). The number of hydrogen-bond donors (Lipinski definition) is 1. The van der Waals surface area contributed by atoms with Crippen LogP contribution < -0.4 is 4.74 Å². The minimum absolute atomic E-state index is 0.135. The van der Waals surface area contributed by atoms with Crippen molar-refractivity contribution in [2.24, 2.45) is 0 Å². The summed E-state index contributed by atoms with van der Waals surface area (Å²) < 4.78 is 10.1. The van der Waals surface area contributed by atoms with Crippen LogP contribution in [0.5, 0.6) is 5.75 Å². The molecule has 102 valence electrons. The summed E-state index contributed by atoms with van der Waals surface area (Å²) >= 11 is 0. The number of rotatable bonds is 7. The third kappa shape index (κ3) is 6.26. The zero-order valence-corrected chi connectivity index (χ0v) is 10.7. The second-order valence-electron chi connectivity index (χ2n) is 3.75. The molecular weight excluding hydrogens is 248 g/mol. The molecule has 0 bridgehead atoms. The summed E-state index contributed by atoms with van der Waals surface area (Å²) in [5.41, 5.74) is 0.739. The Labute approximate surface area is 111 Å². The fraction of sp³-hybridized carbons (Fsp3) is 0.286. The first-order valence-electron chi connectivity index (χ1n) is 5.91. The third-order valence-corrected chi connectivity index (χ3v) is 2.12. The molecule has 0 atom stereocenters. The van der Waals surface area contributed by atoms with E-state index < -0.39 is 11.9 Å². The number of ether oxygens (including phenoxy) is 2. The smallest absolute Gasteiger partial charge is 0.344 e. The average Bonchev–Trinajstić information content (AvgIpc) is 2.41. The van der Waals surface area contributed by atoms with Gasteiger partial charge < -0.3 is 14.6 Å². The summed E-state index contributed by atoms with van der Waals surface area (Å²) in [5, 5.41) is 8.48. The Hall–Kier alpha value is -2.30. The Morgan fingerprint density at radius 2 is 1.95 bits per heavy atom. The molecule has 5 nitrogen and oxygen atoms in total. The minimum Gasteiger partial charge on any atom is -0.482 e. The molecule has 0 saturated heterocycles. The topological polar surface area (TPSA) is 72.8 Å². The van der Waals surface area contributed by atoms with Crippen LogP contribution in [0, 0.1) is 0 Å². The van der Waals surface area contributed by atoms with Crippen LogP contribution in [0.3, 0.4) is 0 Å². The van der Waals surface area contributed by atoms with Crippen molar-refractivity contribution in [1.82, 2.24) is 0 Å². The van der Waals surface area contributed by atoms with Gasteiger partial charge in [-0.05, 0) is 30.2 Å². The summed E-state index contributed by atoms with van der Waals surface area (Å²) in [6.07, 6.45) is 3.30. The molecule has 0 aliphatic rings. The van der Waals surface area contributed by atoms with E-state index in [0.29, 0.717) is 12.4 Å². The molecule has 1 N–H and O–H groups in total. The van der Waals surface area contributed by atoms with Gasteiger partial charge in [-0.1, -0.05) is 19.1 Å². The lowest BCUT2D eigenvalue weighted by molar-refractivity contribution is -0.146. The van der Waals surface area contributed by atoms with Crippen molar-refractivity contribution in [3.8, 4) is 5.75 Å². The number of hydrogen-bond acceptors (Lipinski definition) is 4. The lowest BCUT2D eigenvalue weighted by atomic mass is 10.2. The second kappa shape index (κ2) is 7.92. The number of aliphatic carboxylic acids is 1. The van der Waals surface area contributed by atoms with Crippen molar-refractivity contribution < 1.29 is 24.2 Å². The highest BCUT2D eigenvalue weighted by Crippen LogP contribution is 2.13. The van der Waals surface area contributed by atoms with Crippen molar-refractivity contribution >= 4 is 18.0 Å². The van der Waals surface area contributed by atoms with Gasteiger partial charge in [0.25, 0.3) is 0 Å². The van der Waals surface area contributed by atoms with E-state index in [1.807, 2.05) is 6.92 Å². The van der Waals surface area contributed by atoms with E-state index in [-0.39, 0.29) is 6.61 Å². The van der Waals surface area contributed by atoms with Crippen LogP contribution in [0.4, 0.5) is 0 Å². The summed E-state index contributed by atoms with van der Waals surface area (Å²) in [7, 11) is 0. The van der Waals surface area contributed by atoms with Crippen LogP contribution in [0.25, 0.3) is 6.08 Å². The highest BCUT2D eigenvalue weighted by Gasteiger charge is 2.03. The molecule has 1 aromatic rings. The van der Waals surface area contributed by atoms with Gasteiger partial charge in [-0.15, -0.1) is 0 Å². The van der Waals surface area contributed by atoms with Crippen LogP contribution in [0.2, 0.25) is 0 Å². The standard InChI is InChI=1S/C14H16O5/c1-2-9-18-14(17)10-19-12-6-3-11(4-7-12)5-8-13(15)16/h3-8H,2,9-10H2,1H3,(H,15,16)/b8-5+. The fourth-order valence-corrected chi connectivity index (χ4v) is 1.24. The van der Waals surface area contributed by atoms with Gasteiger partial charge >= 0.3 is 11.9 Å². The Bertz CT molecular complexity index is 447. The molecule has 0 aliphatic heterocycles. The summed E-state index contributed by atoms with van der Waals surface area (Å²) in [5.74, 6) is -0.878. The maximum Gasteiger partial charge on any atom is 0.344 e. The van der Waals surface area contributed by atoms with Gasteiger partial charge in [0.1, 0.15) is 5.75 Å². The summed E-state index contributed by atoms with van der Waals surface area (Å²) in [6, 6.07) is 6.72. The first-order chi connectivity index (χ1) is 9.11. The predicted octanol–water partition coefficient (Wildman–Crippen LogP) is 2.12. The van der Waals surface area contributed by atoms with Crippen molar-refractivity contribution in [3.63, 3.8) is 0 Å². The highest BCUT2D eigenvalue weighted by molar-refractivity contribution is 5.85. The number of esters is 1. The maximum absolute atomic E-state index is 11.2. The molecule has 0 radical (unpaired) electrons. The van der Waals surface area contributed by atoms with Gasteiger partial charge in [0.15, 0.2) is 6.61 Å². The lowest BCUT2D eigenvalue weighted by Crippen LogP contribution is -2.15. The SMILES string of the molecule is CCCOC(=O)COc1ccc(/C=C/C(=O)O)cc1. The third-order valence-electron chi connectivity index (χ3n) is 2.12. The van der Waals surface area contributed by atoms with Crippen LogP contribution in [-0.2, 0) is 14.3 Å². The molecule has 0 fully saturated rings. The van der Waals surface area contributed by atoms with Gasteiger partial charge in [-0.2, -0.15) is 0 Å². The molecule has 0 aromatic heterocycles. The molecule has 5 heteroatoms. The molecule has 0 saturated carbocycles. The van der Waals surface area contributed by atoms with Crippen LogP contribution >= 0.6 is 0 Å². The van der Waals surface area contributed by atoms with Gasteiger partial charge in [0.05, 0.1) is 6.61 Å². The zero-order valence-electron chi connectivity index (χ0n) is 10.7. The lowest BCUT2D eigenvalue weighted by Gasteiger charge is -2.06. The van der Waals surface area contributed by atoms with E-state index in [1.165, 1.54) is 6.08 Å². The van der Waals surface area contributed by atoms with E-state index >= 15 is 0 Å². The number of carboxylic acid groups (broad SMARTS) is 1. The number of benzene rings is 1. The van der Waals surface area contributed by atoms with Gasteiger partial charge in [0, 0.05) is 6.08 Å². The molecule has 19 heavy (non-hydrogen) atoms. The normalized spacial score (nSPS) is 10.4. The second-order valence-corrected chi connectivity index (χ2v) is 3.75. The highest BCUT2D eigenvalue weighted by atomic mass is 16.6. The molecule has 0 amide bonds. The number of carbonyl (C=O) groups is 2. The minimum atomic E-state index is -1.00. The number of carbonyl (C=O) groups excluding carboxylic acids is 1. The monoisotopic (exact) mass is 264 g/mol. The first-order valence-corrected chi connectivity index (χ1v) is 5.91. The van der Waals surface area contributed by atoms with E-state index in [1.54, 1.807) is 24.3 Å². The summed E-state index contributed by atoms with van der Waals surface area (Å²) in [4.78, 5) is 21.5. The Kier molecular flexibility index (Phi) is 6.15. The predicted molar refractivity (Wildman–Crippen MR) is 69.9 cm³/mol. The van der Waals surface area contributed by atoms with Crippen molar-refractivity contribution in [1.29, 1.82) is 0 Å². The van der Waals surface area contributed by atoms with E-state index in [4.69, 9.17) is 14.6 Å². The van der Waals surface area contributed by atoms with E-state index in [2.05, 4.69) is 0 Å². The molecule has 0 unspecified atom stereocenters. The number of carboxylic acids is 1. The Morgan fingerprint density at radius 3 is 2.53 bits per heavy atom. The van der Waals surface area contributed by atoms with Crippen molar-refractivity contribution in [3.05, 3.63) is 35.9 Å². The van der Waals surface area contributed by atoms with Crippen LogP contribution in [0.15, 0.2) is 30.3 Å². The molecule has 1 aromatic carbocycles. The quantitative estimate of drug-likeness (QED) is 0.603. The molecule has 0 aliphatic carbocycles. The van der Waals surface area contributed by atoms with Crippen LogP contribution in [-0.4, -0.2) is 30.3 Å². The first kappa shape index (κ1) is 14.8. The molecular formula is C14H16O5. The zero-order chi connectivity index (χ0) is 14.1. The van der Waals surface area contributed by atoms with Crippen molar-refractivity contribution in [2.45, 2.75) is 13.3 Å². The molecule has 0 spiro atoms. The average molecular weight is 264 g/mol. The Morgan fingerprint density at radius 1 is 1.26 bits per heavy atom. The van der Waals surface area contributed by atoms with Crippen molar-refractivity contribution in [2.75, 3.05) is 13.2 Å². The van der Waals surface area contributed by atoms with Crippen LogP contribution in [0.1, 0.15) is 18.9 Å².